The molecule has 1 aliphatic heterocycles. The number of anilines is 2. The Morgan fingerprint density at radius 1 is 1.20 bits per heavy atom. The van der Waals surface area contributed by atoms with Crippen molar-refractivity contribution in [3.05, 3.63) is 54.1 Å². The van der Waals surface area contributed by atoms with Crippen molar-refractivity contribution in [1.29, 1.82) is 0 Å². The van der Waals surface area contributed by atoms with E-state index in [2.05, 4.69) is 15.6 Å². The number of oxazole rings is 1. The van der Waals surface area contributed by atoms with E-state index in [0.717, 1.165) is 35.2 Å². The summed E-state index contributed by atoms with van der Waals surface area (Å²) in [6, 6.07) is 15.8. The normalized spacial score (nSPS) is 16.9. The molecule has 2 N–H and O–H groups in total. The van der Waals surface area contributed by atoms with E-state index in [1.165, 1.54) is 0 Å². The molecule has 1 atom stereocenters. The molecule has 1 amide bonds. The van der Waals surface area contributed by atoms with Crippen LogP contribution >= 0.6 is 0 Å². The number of benzene rings is 2. The highest BCUT2D eigenvalue weighted by atomic mass is 16.5. The van der Waals surface area contributed by atoms with Gasteiger partial charge in [-0.05, 0) is 42.7 Å². The summed E-state index contributed by atoms with van der Waals surface area (Å²) in [6.45, 7) is 1.21. The molecule has 0 aliphatic carbocycles. The van der Waals surface area contributed by atoms with Gasteiger partial charge in [-0.1, -0.05) is 24.3 Å². The van der Waals surface area contributed by atoms with E-state index in [1.807, 2.05) is 48.5 Å². The minimum absolute atomic E-state index is 0.0819. The number of fused-ring (bicyclic) bond motifs is 1. The SMILES string of the molecule is O=C(Nc1cccc(CNc2nc3ccccc3o2)c1)C1CCCO1. The molecule has 3 aromatic rings. The van der Waals surface area contributed by atoms with Crippen LogP contribution in [-0.4, -0.2) is 23.6 Å². The Bertz CT molecular complexity index is 851. The monoisotopic (exact) mass is 337 g/mol. The molecule has 2 aromatic carbocycles. The van der Waals surface area contributed by atoms with Gasteiger partial charge >= 0.3 is 0 Å². The first kappa shape index (κ1) is 15.7. The third-order valence-electron chi connectivity index (χ3n) is 4.15. The van der Waals surface area contributed by atoms with Crippen molar-refractivity contribution in [2.75, 3.05) is 17.2 Å². The van der Waals surface area contributed by atoms with Gasteiger partial charge in [0.1, 0.15) is 11.6 Å². The van der Waals surface area contributed by atoms with Crippen LogP contribution in [0.25, 0.3) is 11.1 Å². The first-order valence-electron chi connectivity index (χ1n) is 8.39. The molecule has 0 bridgehead atoms. The standard InChI is InChI=1S/C19H19N3O3/c23-18(17-9-4-10-24-17)21-14-6-3-5-13(11-14)12-20-19-22-15-7-1-2-8-16(15)25-19/h1-3,5-8,11,17H,4,9-10,12H2,(H,20,22)(H,21,23). The van der Waals surface area contributed by atoms with Crippen LogP contribution in [-0.2, 0) is 16.1 Å². The number of carbonyl (C=O) groups is 1. The van der Waals surface area contributed by atoms with Crippen molar-refractivity contribution >= 4 is 28.7 Å². The zero-order valence-electron chi connectivity index (χ0n) is 13.7. The maximum atomic E-state index is 12.1. The van der Waals surface area contributed by atoms with E-state index in [-0.39, 0.29) is 12.0 Å². The van der Waals surface area contributed by atoms with E-state index >= 15 is 0 Å². The van der Waals surface area contributed by atoms with Gasteiger partial charge in [0.2, 0.25) is 0 Å². The molecule has 1 fully saturated rings. The predicted molar refractivity (Wildman–Crippen MR) is 95.4 cm³/mol. The number of ether oxygens (including phenoxy) is 1. The van der Waals surface area contributed by atoms with Gasteiger partial charge in [0.05, 0.1) is 0 Å². The third kappa shape index (κ3) is 3.64. The van der Waals surface area contributed by atoms with Crippen LogP contribution in [0.2, 0.25) is 0 Å². The Kier molecular flexibility index (Phi) is 4.35. The summed E-state index contributed by atoms with van der Waals surface area (Å²) in [5, 5.41) is 6.08. The molecule has 25 heavy (non-hydrogen) atoms. The fourth-order valence-electron chi connectivity index (χ4n) is 2.89. The van der Waals surface area contributed by atoms with Gasteiger partial charge in [0, 0.05) is 18.8 Å². The zero-order chi connectivity index (χ0) is 17.1. The summed E-state index contributed by atoms with van der Waals surface area (Å²) in [7, 11) is 0. The molecule has 1 aliphatic rings. The first-order chi connectivity index (χ1) is 12.3. The fourth-order valence-corrected chi connectivity index (χ4v) is 2.89. The second-order valence-electron chi connectivity index (χ2n) is 6.03. The molecule has 6 nitrogen and oxygen atoms in total. The van der Waals surface area contributed by atoms with Gasteiger partial charge < -0.3 is 19.8 Å². The zero-order valence-corrected chi connectivity index (χ0v) is 13.7. The first-order valence-corrected chi connectivity index (χ1v) is 8.39. The number of hydrogen-bond donors (Lipinski definition) is 2. The highest BCUT2D eigenvalue weighted by Crippen LogP contribution is 2.20. The smallest absolute Gasteiger partial charge is 0.295 e. The third-order valence-corrected chi connectivity index (χ3v) is 4.15. The minimum Gasteiger partial charge on any atom is -0.424 e. The number of nitrogens with one attached hydrogen (secondary N) is 2. The molecule has 0 saturated carbocycles. The lowest BCUT2D eigenvalue weighted by atomic mass is 10.2. The molecule has 1 unspecified atom stereocenters. The number of aromatic nitrogens is 1. The fraction of sp³-hybridized carbons (Fsp3) is 0.263. The number of amides is 1. The van der Waals surface area contributed by atoms with Gasteiger partial charge in [-0.3, -0.25) is 4.79 Å². The minimum atomic E-state index is -0.332. The lowest BCUT2D eigenvalue weighted by molar-refractivity contribution is -0.124. The van der Waals surface area contributed by atoms with Crippen molar-refractivity contribution in [3.63, 3.8) is 0 Å². The second-order valence-corrected chi connectivity index (χ2v) is 6.03. The number of para-hydroxylation sites is 2. The average Bonchev–Trinajstić information content (AvgIpc) is 3.29. The van der Waals surface area contributed by atoms with Gasteiger partial charge in [-0.25, -0.2) is 0 Å². The van der Waals surface area contributed by atoms with Crippen LogP contribution in [0, 0.1) is 0 Å². The number of carbonyl (C=O) groups excluding carboxylic acids is 1. The molecule has 1 aromatic heterocycles. The van der Waals surface area contributed by atoms with Crippen molar-refractivity contribution in [1.82, 2.24) is 4.98 Å². The van der Waals surface area contributed by atoms with Crippen molar-refractivity contribution in [2.24, 2.45) is 0 Å². The maximum absolute atomic E-state index is 12.1. The lowest BCUT2D eigenvalue weighted by Crippen LogP contribution is -2.26. The number of nitrogens with zero attached hydrogens (tertiary/aromatic N) is 1. The Morgan fingerprint density at radius 2 is 2.12 bits per heavy atom. The Labute approximate surface area is 145 Å². The topological polar surface area (TPSA) is 76.4 Å². The number of hydrogen-bond acceptors (Lipinski definition) is 5. The molecular formula is C19H19N3O3. The molecular weight excluding hydrogens is 318 g/mol. The van der Waals surface area contributed by atoms with Crippen LogP contribution in [0.3, 0.4) is 0 Å². The van der Waals surface area contributed by atoms with Crippen LogP contribution in [0.15, 0.2) is 52.9 Å². The maximum Gasteiger partial charge on any atom is 0.295 e. The summed E-state index contributed by atoms with van der Waals surface area (Å²) >= 11 is 0. The van der Waals surface area contributed by atoms with Gasteiger partial charge in [0.15, 0.2) is 5.58 Å². The van der Waals surface area contributed by atoms with E-state index in [9.17, 15) is 4.79 Å². The summed E-state index contributed by atoms with van der Waals surface area (Å²) in [4.78, 5) is 16.5. The van der Waals surface area contributed by atoms with Crippen LogP contribution in [0.1, 0.15) is 18.4 Å². The molecule has 1 saturated heterocycles. The van der Waals surface area contributed by atoms with Crippen LogP contribution in [0.5, 0.6) is 0 Å². The van der Waals surface area contributed by atoms with Gasteiger partial charge in [-0.15, -0.1) is 0 Å². The van der Waals surface area contributed by atoms with Crippen molar-refractivity contribution < 1.29 is 13.9 Å². The van der Waals surface area contributed by atoms with Gasteiger partial charge in [0.25, 0.3) is 11.9 Å². The van der Waals surface area contributed by atoms with E-state index in [4.69, 9.17) is 9.15 Å². The van der Waals surface area contributed by atoms with E-state index in [0.29, 0.717) is 19.2 Å². The van der Waals surface area contributed by atoms with Crippen molar-refractivity contribution in [3.8, 4) is 0 Å². The quantitative estimate of drug-likeness (QED) is 0.744. The van der Waals surface area contributed by atoms with Crippen LogP contribution < -0.4 is 10.6 Å². The van der Waals surface area contributed by atoms with Crippen LogP contribution in [0.4, 0.5) is 11.7 Å². The summed E-state index contributed by atoms with van der Waals surface area (Å²) in [5.41, 5.74) is 3.36. The number of rotatable bonds is 5. The summed E-state index contributed by atoms with van der Waals surface area (Å²) in [5.74, 6) is -0.0819. The van der Waals surface area contributed by atoms with Crippen molar-refractivity contribution in [2.45, 2.75) is 25.5 Å². The second kappa shape index (κ2) is 6.94. The Balaban J connectivity index is 1.39. The van der Waals surface area contributed by atoms with E-state index in [1.54, 1.807) is 0 Å². The molecule has 4 rings (SSSR count). The molecule has 2 heterocycles. The highest BCUT2D eigenvalue weighted by Gasteiger charge is 2.23. The average molecular weight is 337 g/mol. The lowest BCUT2D eigenvalue weighted by Gasteiger charge is -2.11. The molecule has 0 spiro atoms. The summed E-state index contributed by atoms with van der Waals surface area (Å²) in [6.07, 6.45) is 1.39. The largest absolute Gasteiger partial charge is 0.424 e. The Hall–Kier alpha value is -2.86. The molecule has 0 radical (unpaired) electrons. The highest BCUT2D eigenvalue weighted by molar-refractivity contribution is 5.94. The molecule has 128 valence electrons. The summed E-state index contributed by atoms with van der Waals surface area (Å²) < 4.78 is 11.0. The van der Waals surface area contributed by atoms with Gasteiger partial charge in [-0.2, -0.15) is 4.98 Å². The molecule has 6 heteroatoms. The predicted octanol–water partition coefficient (Wildman–Crippen LogP) is 3.56. The Morgan fingerprint density at radius 3 is 2.96 bits per heavy atom. The van der Waals surface area contributed by atoms with E-state index < -0.39 is 0 Å².